The monoisotopic (exact) mass is 254 g/mol. The van der Waals surface area contributed by atoms with Gasteiger partial charge < -0.3 is 15.4 Å². The summed E-state index contributed by atoms with van der Waals surface area (Å²) in [5.74, 6) is 0.877. The van der Waals surface area contributed by atoms with Gasteiger partial charge in [-0.2, -0.15) is 0 Å². The quantitative estimate of drug-likeness (QED) is 0.731. The second-order valence-electron chi connectivity index (χ2n) is 5.96. The van der Waals surface area contributed by atoms with Crippen LogP contribution in [0.4, 0.5) is 0 Å². The zero-order chi connectivity index (χ0) is 13.0. The lowest BCUT2D eigenvalue weighted by Gasteiger charge is -2.35. The minimum Gasteiger partial charge on any atom is -0.379 e. The Labute approximate surface area is 110 Å². The molecular formula is C14H26N2O2. The van der Waals surface area contributed by atoms with Crippen LogP contribution < -0.4 is 5.73 Å². The Morgan fingerprint density at radius 1 is 1.33 bits per heavy atom. The van der Waals surface area contributed by atoms with Gasteiger partial charge in [-0.1, -0.05) is 19.3 Å². The van der Waals surface area contributed by atoms with Gasteiger partial charge in [-0.05, 0) is 31.6 Å². The second-order valence-corrected chi connectivity index (χ2v) is 5.96. The fourth-order valence-corrected chi connectivity index (χ4v) is 2.61. The molecule has 0 bridgehead atoms. The van der Waals surface area contributed by atoms with Crippen molar-refractivity contribution in [2.24, 2.45) is 11.7 Å². The van der Waals surface area contributed by atoms with Crippen molar-refractivity contribution in [3.8, 4) is 0 Å². The number of carbonyl (C=O) groups is 1. The van der Waals surface area contributed by atoms with Gasteiger partial charge >= 0.3 is 0 Å². The first-order chi connectivity index (χ1) is 8.62. The highest BCUT2D eigenvalue weighted by atomic mass is 16.5. The molecule has 2 N–H and O–H groups in total. The van der Waals surface area contributed by atoms with Crippen LogP contribution in [0.15, 0.2) is 0 Å². The Morgan fingerprint density at radius 3 is 2.61 bits per heavy atom. The van der Waals surface area contributed by atoms with E-state index in [-0.39, 0.29) is 5.91 Å². The molecular weight excluding hydrogens is 228 g/mol. The zero-order valence-corrected chi connectivity index (χ0v) is 11.5. The van der Waals surface area contributed by atoms with Crippen LogP contribution in [0.2, 0.25) is 0 Å². The van der Waals surface area contributed by atoms with Gasteiger partial charge in [-0.3, -0.25) is 4.79 Å². The van der Waals surface area contributed by atoms with E-state index in [0.717, 1.165) is 38.2 Å². The molecule has 1 amide bonds. The number of carbonyl (C=O) groups excluding carboxylic acids is 1. The van der Waals surface area contributed by atoms with Crippen LogP contribution in [-0.4, -0.2) is 43.2 Å². The molecule has 0 aromatic rings. The third-order valence-corrected chi connectivity index (χ3v) is 4.14. The Hall–Kier alpha value is -0.610. The maximum atomic E-state index is 12.3. The van der Waals surface area contributed by atoms with E-state index in [4.69, 9.17) is 10.5 Å². The lowest BCUT2D eigenvalue weighted by atomic mass is 9.81. The van der Waals surface area contributed by atoms with E-state index in [1.165, 1.54) is 19.3 Å². The Kier molecular flexibility index (Phi) is 4.62. The Balaban J connectivity index is 1.69. The van der Waals surface area contributed by atoms with Crippen molar-refractivity contribution in [2.45, 2.75) is 50.5 Å². The molecule has 2 aliphatic rings. The van der Waals surface area contributed by atoms with Crippen LogP contribution in [0.1, 0.15) is 44.9 Å². The molecule has 104 valence electrons. The number of rotatable bonds is 6. The first kappa shape index (κ1) is 13.8. The number of ether oxygens (including phenoxy) is 1. The highest BCUT2D eigenvalue weighted by Gasteiger charge is 2.37. The van der Waals surface area contributed by atoms with Crippen molar-refractivity contribution in [1.82, 2.24) is 4.90 Å². The smallest absolute Gasteiger partial charge is 0.242 e. The van der Waals surface area contributed by atoms with Crippen molar-refractivity contribution in [3.63, 3.8) is 0 Å². The van der Waals surface area contributed by atoms with Crippen molar-refractivity contribution in [3.05, 3.63) is 0 Å². The molecule has 18 heavy (non-hydrogen) atoms. The summed E-state index contributed by atoms with van der Waals surface area (Å²) in [5.41, 5.74) is 5.63. The van der Waals surface area contributed by atoms with Crippen LogP contribution in [-0.2, 0) is 9.53 Å². The number of nitrogens with two attached hydrogens (primary N) is 1. The van der Waals surface area contributed by atoms with E-state index in [0.29, 0.717) is 13.2 Å². The van der Waals surface area contributed by atoms with Crippen LogP contribution >= 0.6 is 0 Å². The molecule has 0 heterocycles. The van der Waals surface area contributed by atoms with Crippen LogP contribution in [0.3, 0.4) is 0 Å². The largest absolute Gasteiger partial charge is 0.379 e. The summed E-state index contributed by atoms with van der Waals surface area (Å²) < 4.78 is 5.56. The summed E-state index contributed by atoms with van der Waals surface area (Å²) >= 11 is 0. The number of nitrogens with zero attached hydrogens (tertiary/aromatic N) is 1. The second kappa shape index (κ2) is 6.02. The summed E-state index contributed by atoms with van der Waals surface area (Å²) in [7, 11) is 1.84. The number of amides is 1. The summed E-state index contributed by atoms with van der Waals surface area (Å²) in [5, 5.41) is 0. The molecule has 0 aromatic carbocycles. The first-order valence-corrected chi connectivity index (χ1v) is 7.24. The predicted molar refractivity (Wildman–Crippen MR) is 71.2 cm³/mol. The minimum atomic E-state index is -0.608. The molecule has 0 unspecified atom stereocenters. The molecule has 2 saturated carbocycles. The maximum Gasteiger partial charge on any atom is 0.242 e. The molecule has 0 spiro atoms. The van der Waals surface area contributed by atoms with Gasteiger partial charge in [-0.15, -0.1) is 0 Å². The van der Waals surface area contributed by atoms with Gasteiger partial charge in [0.2, 0.25) is 5.91 Å². The fourth-order valence-electron chi connectivity index (χ4n) is 2.61. The fraction of sp³-hybridized carbons (Fsp3) is 0.929. The Morgan fingerprint density at radius 2 is 2.00 bits per heavy atom. The van der Waals surface area contributed by atoms with Crippen LogP contribution in [0, 0.1) is 5.92 Å². The van der Waals surface area contributed by atoms with Crippen molar-refractivity contribution in [1.29, 1.82) is 0 Å². The normalized spacial score (nSPS) is 22.8. The maximum absolute atomic E-state index is 12.3. The van der Waals surface area contributed by atoms with Gasteiger partial charge in [0, 0.05) is 20.2 Å². The van der Waals surface area contributed by atoms with Crippen molar-refractivity contribution >= 4 is 5.91 Å². The standard InChI is InChI=1S/C14H26N2O2/c1-16(9-10-18-11-12-5-6-12)13(17)14(15)7-3-2-4-8-14/h12H,2-11,15H2,1H3. The minimum absolute atomic E-state index is 0.0946. The van der Waals surface area contributed by atoms with Gasteiger partial charge in [0.15, 0.2) is 0 Å². The molecule has 2 aliphatic carbocycles. The lowest BCUT2D eigenvalue weighted by molar-refractivity contribution is -0.137. The SMILES string of the molecule is CN(CCOCC1CC1)C(=O)C1(N)CCCCC1. The van der Waals surface area contributed by atoms with Gasteiger partial charge in [0.05, 0.1) is 12.1 Å². The third-order valence-electron chi connectivity index (χ3n) is 4.14. The van der Waals surface area contributed by atoms with E-state index in [2.05, 4.69) is 0 Å². The lowest BCUT2D eigenvalue weighted by Crippen LogP contribution is -2.55. The number of hydrogen-bond donors (Lipinski definition) is 1. The average Bonchev–Trinajstić information content (AvgIpc) is 3.18. The molecule has 0 atom stereocenters. The van der Waals surface area contributed by atoms with Crippen molar-refractivity contribution < 1.29 is 9.53 Å². The van der Waals surface area contributed by atoms with E-state index in [1.54, 1.807) is 4.90 Å². The van der Waals surface area contributed by atoms with Gasteiger partial charge in [0.25, 0.3) is 0 Å². The van der Waals surface area contributed by atoms with E-state index in [9.17, 15) is 4.79 Å². The highest BCUT2D eigenvalue weighted by Crippen LogP contribution is 2.29. The molecule has 2 fully saturated rings. The number of likely N-dealkylation sites (N-methyl/N-ethyl adjacent to an activating group) is 1. The van der Waals surface area contributed by atoms with Gasteiger partial charge in [0.1, 0.15) is 0 Å². The molecule has 4 heteroatoms. The molecule has 0 aromatic heterocycles. The Bertz CT molecular complexity index is 284. The summed E-state index contributed by atoms with van der Waals surface area (Å²) in [6.45, 7) is 2.15. The first-order valence-electron chi connectivity index (χ1n) is 7.24. The molecule has 0 radical (unpaired) electrons. The van der Waals surface area contributed by atoms with Crippen LogP contribution in [0.5, 0.6) is 0 Å². The molecule has 0 aliphatic heterocycles. The van der Waals surface area contributed by atoms with E-state index >= 15 is 0 Å². The predicted octanol–water partition coefficient (Wildman–Crippen LogP) is 1.53. The highest BCUT2D eigenvalue weighted by molar-refractivity contribution is 5.86. The zero-order valence-electron chi connectivity index (χ0n) is 11.5. The average molecular weight is 254 g/mol. The number of hydrogen-bond acceptors (Lipinski definition) is 3. The third kappa shape index (κ3) is 3.69. The topological polar surface area (TPSA) is 55.6 Å². The van der Waals surface area contributed by atoms with Crippen molar-refractivity contribution in [2.75, 3.05) is 26.8 Å². The summed E-state index contributed by atoms with van der Waals surface area (Å²) in [6.07, 6.45) is 7.64. The van der Waals surface area contributed by atoms with Gasteiger partial charge in [-0.25, -0.2) is 0 Å². The van der Waals surface area contributed by atoms with E-state index < -0.39 is 5.54 Å². The summed E-state index contributed by atoms with van der Waals surface area (Å²) in [4.78, 5) is 14.1. The summed E-state index contributed by atoms with van der Waals surface area (Å²) in [6, 6.07) is 0. The molecule has 4 nitrogen and oxygen atoms in total. The molecule has 0 saturated heterocycles. The van der Waals surface area contributed by atoms with Crippen LogP contribution in [0.25, 0.3) is 0 Å². The van der Waals surface area contributed by atoms with E-state index in [1.807, 2.05) is 7.05 Å². The molecule has 2 rings (SSSR count).